The molecule has 1 fully saturated rings. The van der Waals surface area contributed by atoms with Gasteiger partial charge in [0.25, 0.3) is 0 Å². The number of ether oxygens (including phenoxy) is 6. The largest absolute Gasteiger partial charge is 0.463 e. The maximum absolute atomic E-state index is 13.7. The fourth-order valence-corrected chi connectivity index (χ4v) is 9.72. The molecular weight excluding hydrogens is 1090 g/mol. The summed E-state index contributed by atoms with van der Waals surface area (Å²) in [5, 5.41) is 17.7. The van der Waals surface area contributed by atoms with Gasteiger partial charge in [-0.3, -0.25) is 28.8 Å². The van der Waals surface area contributed by atoms with Crippen LogP contribution in [0, 0.1) is 5.92 Å². The number of nitrogens with one attached hydrogen (secondary N) is 4. The number of amides is 4. The predicted molar refractivity (Wildman–Crippen MR) is 311 cm³/mol. The first kappa shape index (κ1) is 64.5. The van der Waals surface area contributed by atoms with Crippen LogP contribution in [-0.4, -0.2) is 172 Å². The number of carbonyl (C=O) groups is 4. The molecule has 7 rings (SSSR count). The van der Waals surface area contributed by atoms with Gasteiger partial charge in [-0.25, -0.2) is 15.5 Å². The number of benzene rings is 2. The Bertz CT molecular complexity index is 2890. The lowest BCUT2D eigenvalue weighted by molar-refractivity contribution is -0.132. The molecule has 0 radical (unpaired) electrons. The molecule has 2 aliphatic rings. The fraction of sp³-hybridized carbons (Fsp3) is 0.596. The summed E-state index contributed by atoms with van der Waals surface area (Å²) in [6.45, 7) is 13.9. The van der Waals surface area contributed by atoms with Crippen LogP contribution < -0.4 is 43.7 Å². The highest BCUT2D eigenvalue weighted by atomic mass is 16.6. The Morgan fingerprint density at radius 2 is 1.40 bits per heavy atom. The number of carbonyl (C=O) groups excluding carboxylic acids is 4. The number of piperidine rings is 1. The van der Waals surface area contributed by atoms with Gasteiger partial charge in [0.15, 0.2) is 17.3 Å². The number of aromatic nitrogens is 7. The van der Waals surface area contributed by atoms with Gasteiger partial charge in [-0.05, 0) is 92.9 Å². The molecule has 10 N–H and O–H groups in total. The topological polar surface area (TPSA) is 348 Å². The summed E-state index contributed by atoms with van der Waals surface area (Å²) in [7, 11) is 0. The molecule has 5 heterocycles. The molecule has 3 aromatic heterocycles. The molecule has 460 valence electrons. The number of hydrogen-bond acceptors (Lipinski definition) is 20. The molecule has 0 bridgehead atoms. The second kappa shape index (κ2) is 34.0. The number of H-pyrrole nitrogens is 1. The highest BCUT2D eigenvalue weighted by Crippen LogP contribution is 2.30. The number of fused-ring (bicyclic) bond motifs is 2. The zero-order valence-corrected chi connectivity index (χ0v) is 48.7. The minimum Gasteiger partial charge on any atom is -0.463 e. The van der Waals surface area contributed by atoms with Gasteiger partial charge in [-0.15, -0.1) is 10.2 Å². The minimum atomic E-state index is -0.896. The number of anilines is 2. The van der Waals surface area contributed by atoms with Gasteiger partial charge in [0.05, 0.1) is 79.2 Å². The van der Waals surface area contributed by atoms with Gasteiger partial charge in [-0.1, -0.05) is 63.6 Å². The van der Waals surface area contributed by atoms with Crippen LogP contribution in [0.3, 0.4) is 0 Å². The summed E-state index contributed by atoms with van der Waals surface area (Å²) in [6.07, 6.45) is 4.83. The molecule has 4 amide bonds. The molecule has 2 unspecified atom stereocenters. The van der Waals surface area contributed by atoms with Crippen molar-refractivity contribution in [2.24, 2.45) is 17.5 Å². The molecule has 27 nitrogen and oxygen atoms in total. The molecule has 2 atom stereocenters. The maximum atomic E-state index is 13.7. The van der Waals surface area contributed by atoms with Crippen molar-refractivity contribution >= 4 is 46.5 Å². The van der Waals surface area contributed by atoms with Crippen molar-refractivity contribution in [3.8, 4) is 6.01 Å². The van der Waals surface area contributed by atoms with Crippen LogP contribution >= 0.6 is 0 Å². The average Bonchev–Trinajstić information content (AvgIpc) is 3.31. The number of nitrogens with two attached hydrogens (primary N) is 3. The number of aromatic amines is 1. The zero-order chi connectivity index (χ0) is 59.6. The normalized spacial score (nSPS) is 14.6. The lowest BCUT2D eigenvalue weighted by Gasteiger charge is -2.33. The number of nitrogen functional groups attached to an aromatic ring is 1. The SMILES string of the molecule is CCCCOc1nc(N)c2[nH]c(=O)n(Cc3ccc(CN4CCC(c5nnc6n5CCN(C(=O)OCc5ccc(NC(=O)C(CCCCN)NC(=O)C(NC(=O)CCOCCOCCOCCOCCON)C(C)C)cc5)C6)CC4)cc3)c2n1. The van der Waals surface area contributed by atoms with E-state index in [0.29, 0.717) is 121 Å². The Kier molecular flexibility index (Phi) is 26.1. The molecule has 0 saturated carbocycles. The van der Waals surface area contributed by atoms with Gasteiger partial charge >= 0.3 is 17.8 Å². The molecule has 5 aromatic rings. The van der Waals surface area contributed by atoms with E-state index in [9.17, 15) is 24.0 Å². The van der Waals surface area contributed by atoms with Crippen LogP contribution in [0.15, 0.2) is 53.3 Å². The first-order valence-electron chi connectivity index (χ1n) is 29.2. The van der Waals surface area contributed by atoms with E-state index in [4.69, 9.17) is 45.8 Å². The van der Waals surface area contributed by atoms with E-state index in [0.717, 1.165) is 62.5 Å². The van der Waals surface area contributed by atoms with Crippen LogP contribution in [0.5, 0.6) is 6.01 Å². The fourth-order valence-electron chi connectivity index (χ4n) is 9.72. The van der Waals surface area contributed by atoms with Crippen molar-refractivity contribution in [2.75, 3.05) is 103 Å². The molecule has 2 aliphatic heterocycles. The molecule has 27 heteroatoms. The Hall–Kier alpha value is -7.11. The summed E-state index contributed by atoms with van der Waals surface area (Å²) < 4.78 is 36.8. The number of unbranched alkanes of at least 4 members (excludes halogenated alkanes) is 2. The van der Waals surface area contributed by atoms with E-state index in [1.807, 2.05) is 26.0 Å². The van der Waals surface area contributed by atoms with E-state index in [-0.39, 0.29) is 68.0 Å². The third kappa shape index (κ3) is 19.7. The van der Waals surface area contributed by atoms with Crippen LogP contribution in [0.4, 0.5) is 16.3 Å². The van der Waals surface area contributed by atoms with E-state index in [2.05, 4.69) is 74.5 Å². The third-order valence-electron chi connectivity index (χ3n) is 14.5. The van der Waals surface area contributed by atoms with Gasteiger partial charge < -0.3 is 70.2 Å². The summed E-state index contributed by atoms with van der Waals surface area (Å²) in [4.78, 5) is 86.4. The second-order valence-corrected chi connectivity index (χ2v) is 21.2. The lowest BCUT2D eigenvalue weighted by Crippen LogP contribution is -2.54. The summed E-state index contributed by atoms with van der Waals surface area (Å²) >= 11 is 0. The van der Waals surface area contributed by atoms with Crippen molar-refractivity contribution in [1.29, 1.82) is 0 Å². The molecule has 0 aliphatic carbocycles. The van der Waals surface area contributed by atoms with Gasteiger partial charge in [0.2, 0.25) is 17.7 Å². The van der Waals surface area contributed by atoms with Gasteiger partial charge in [-0.2, -0.15) is 9.97 Å². The van der Waals surface area contributed by atoms with E-state index < -0.39 is 30.0 Å². The van der Waals surface area contributed by atoms with E-state index in [1.54, 1.807) is 33.7 Å². The Balaban J connectivity index is 0.798. The zero-order valence-electron chi connectivity index (χ0n) is 48.7. The highest BCUT2D eigenvalue weighted by Gasteiger charge is 2.32. The number of likely N-dealkylation sites (tertiary alicyclic amines) is 1. The van der Waals surface area contributed by atoms with Crippen molar-refractivity contribution in [2.45, 2.75) is 123 Å². The van der Waals surface area contributed by atoms with Crippen molar-refractivity contribution < 1.29 is 52.4 Å². The first-order valence-corrected chi connectivity index (χ1v) is 29.2. The van der Waals surface area contributed by atoms with Gasteiger partial charge in [0.1, 0.15) is 30.0 Å². The quantitative estimate of drug-likeness (QED) is 0.0224. The lowest BCUT2D eigenvalue weighted by atomic mass is 9.95. The van der Waals surface area contributed by atoms with Crippen molar-refractivity contribution in [3.05, 3.63) is 87.4 Å². The summed E-state index contributed by atoms with van der Waals surface area (Å²) in [5.41, 5.74) is 15.7. The van der Waals surface area contributed by atoms with Crippen LogP contribution in [-0.2, 0) is 75.7 Å². The van der Waals surface area contributed by atoms with Crippen molar-refractivity contribution in [3.63, 3.8) is 0 Å². The number of hydrogen-bond donors (Lipinski definition) is 7. The van der Waals surface area contributed by atoms with Gasteiger partial charge in [0, 0.05) is 37.7 Å². The predicted octanol–water partition coefficient (Wildman–Crippen LogP) is 3.09. The minimum absolute atomic E-state index is 0.0140. The summed E-state index contributed by atoms with van der Waals surface area (Å²) in [6, 6.07) is 13.6. The number of rotatable bonds is 36. The highest BCUT2D eigenvalue weighted by molar-refractivity contribution is 5.98. The Morgan fingerprint density at radius 1 is 0.750 bits per heavy atom. The Labute approximate surface area is 489 Å². The molecule has 84 heavy (non-hydrogen) atoms. The molecule has 2 aromatic carbocycles. The van der Waals surface area contributed by atoms with Crippen LogP contribution in [0.25, 0.3) is 11.2 Å². The average molecular weight is 1170 g/mol. The van der Waals surface area contributed by atoms with E-state index >= 15 is 0 Å². The van der Waals surface area contributed by atoms with E-state index in [1.165, 1.54) is 5.56 Å². The molecule has 1 saturated heterocycles. The molecular formula is C57H85N15O12. The first-order chi connectivity index (χ1) is 40.8. The number of imidazole rings is 1. The molecule has 0 spiro atoms. The van der Waals surface area contributed by atoms with Crippen LogP contribution in [0.1, 0.15) is 106 Å². The smallest absolute Gasteiger partial charge is 0.410 e. The maximum Gasteiger partial charge on any atom is 0.410 e. The van der Waals surface area contributed by atoms with Crippen molar-refractivity contribution in [1.82, 2.24) is 54.7 Å². The third-order valence-corrected chi connectivity index (χ3v) is 14.5. The Morgan fingerprint density at radius 3 is 2.06 bits per heavy atom. The second-order valence-electron chi connectivity index (χ2n) is 21.2. The standard InChI is InChI=1S/C57H85N15O12/c1-4-5-25-82-55-65-50(59)49-52(66-55)72(56(76)64-49)36-41-11-9-40(10-12-41)35-69-21-17-43(18-22-69)51-68-67-46-37-70(23-24-71(46)51)57(77)83-38-42-13-15-44(16-14-42)61-53(74)45(8-6-7-20-58)62-54(75)48(39(2)3)63-47(73)19-26-78-27-28-79-29-30-80-31-32-81-33-34-84-60/h9-16,39,43,45,48H,4-8,17-38,58,60H2,1-3H3,(H,61,74)(H,62,75)(H,63,73)(H,64,76)(H2,59,65,66). The van der Waals surface area contributed by atoms with Crippen LogP contribution in [0.2, 0.25) is 0 Å². The monoisotopic (exact) mass is 1170 g/mol. The number of nitrogens with zero attached hydrogens (tertiary/aromatic N) is 8. The summed E-state index contributed by atoms with van der Waals surface area (Å²) in [5.74, 6) is 5.49.